The fourth-order valence-corrected chi connectivity index (χ4v) is 6.12. The van der Waals surface area contributed by atoms with Crippen molar-refractivity contribution < 1.29 is 22.6 Å². The van der Waals surface area contributed by atoms with Crippen LogP contribution in [-0.4, -0.2) is 52.9 Å². The van der Waals surface area contributed by atoms with Gasteiger partial charge in [-0.2, -0.15) is 13.1 Å². The van der Waals surface area contributed by atoms with Crippen LogP contribution in [0.15, 0.2) is 65.8 Å². The Hall–Kier alpha value is -3.12. The molecule has 1 atom stereocenters. The molecule has 0 amide bonds. The van der Waals surface area contributed by atoms with Gasteiger partial charge in [0.15, 0.2) is 11.5 Å². The van der Waals surface area contributed by atoms with Crippen molar-refractivity contribution in [1.29, 1.82) is 0 Å². The monoisotopic (exact) mass is 512 g/mol. The topological polar surface area (TPSA) is 104 Å². The van der Waals surface area contributed by atoms with E-state index in [1.165, 1.54) is 4.31 Å². The minimum atomic E-state index is -3.92. The first-order valence-electron chi connectivity index (χ1n) is 11.1. The summed E-state index contributed by atoms with van der Waals surface area (Å²) < 4.78 is 54.6. The zero-order chi connectivity index (χ0) is 24.3. The molecular formula is C24H24N4O5S2. The van der Waals surface area contributed by atoms with Crippen molar-refractivity contribution in [1.82, 2.24) is 18.0 Å². The summed E-state index contributed by atoms with van der Waals surface area (Å²) in [7, 11) is -2.35. The minimum absolute atomic E-state index is 0.0237. The van der Waals surface area contributed by atoms with E-state index in [2.05, 4.69) is 13.7 Å². The molecule has 1 aliphatic rings. The van der Waals surface area contributed by atoms with Crippen LogP contribution >= 0.6 is 11.7 Å². The Morgan fingerprint density at radius 2 is 1.97 bits per heavy atom. The van der Waals surface area contributed by atoms with Gasteiger partial charge in [-0.25, -0.2) is 8.42 Å². The molecule has 1 fully saturated rings. The van der Waals surface area contributed by atoms with Crippen LogP contribution in [-0.2, 0) is 27.8 Å². The summed E-state index contributed by atoms with van der Waals surface area (Å²) in [5, 5.41) is 0. The third-order valence-corrected chi connectivity index (χ3v) is 8.08. The number of methoxy groups -OCH3 is 1. The molecule has 0 spiro atoms. The Morgan fingerprint density at radius 3 is 2.74 bits per heavy atom. The molecule has 0 radical (unpaired) electrons. The van der Waals surface area contributed by atoms with E-state index >= 15 is 0 Å². The zero-order valence-electron chi connectivity index (χ0n) is 19.0. The first kappa shape index (κ1) is 23.6. The molecule has 1 saturated heterocycles. The van der Waals surface area contributed by atoms with Gasteiger partial charge >= 0.3 is 0 Å². The van der Waals surface area contributed by atoms with Crippen molar-refractivity contribution >= 4 is 32.8 Å². The SMILES string of the molecule is COc1cc(CN(Cc2cccnc2)S(=O)(=O)c2cccc3nsnc23)ccc1OC1CCOC1. The Kier molecular flexibility index (Phi) is 6.91. The van der Waals surface area contributed by atoms with Gasteiger partial charge in [0.1, 0.15) is 22.0 Å². The molecule has 5 rings (SSSR count). The van der Waals surface area contributed by atoms with Crippen LogP contribution in [0.25, 0.3) is 11.0 Å². The van der Waals surface area contributed by atoms with E-state index in [-0.39, 0.29) is 24.1 Å². The standard InChI is InChI=1S/C24H24N4O5S2/c1-31-22-12-17(7-8-21(22)33-19-9-11-32-16-19)14-28(15-18-4-3-10-25-13-18)35(29,30)23-6-2-5-20-24(23)27-34-26-20/h2-8,10,12-13,19H,9,11,14-16H2,1H3. The number of sulfonamides is 1. The first-order chi connectivity index (χ1) is 17.0. The van der Waals surface area contributed by atoms with Gasteiger partial charge in [-0.1, -0.05) is 18.2 Å². The second kappa shape index (κ2) is 10.2. The summed E-state index contributed by atoms with van der Waals surface area (Å²) in [5.41, 5.74) is 2.45. The number of rotatable bonds is 9. The number of aromatic nitrogens is 3. The van der Waals surface area contributed by atoms with Gasteiger partial charge in [0.05, 0.1) is 32.1 Å². The van der Waals surface area contributed by atoms with Gasteiger partial charge < -0.3 is 14.2 Å². The lowest BCUT2D eigenvalue weighted by Gasteiger charge is -2.23. The second-order valence-electron chi connectivity index (χ2n) is 8.11. The summed E-state index contributed by atoms with van der Waals surface area (Å²) >= 11 is 0.990. The van der Waals surface area contributed by atoms with Crippen LogP contribution in [0.3, 0.4) is 0 Å². The van der Waals surface area contributed by atoms with Crippen LogP contribution in [0.1, 0.15) is 17.5 Å². The molecule has 0 aliphatic carbocycles. The fraction of sp³-hybridized carbons (Fsp3) is 0.292. The van der Waals surface area contributed by atoms with Crippen LogP contribution in [0, 0.1) is 0 Å². The van der Waals surface area contributed by atoms with E-state index in [1.54, 1.807) is 43.8 Å². The number of nitrogens with zero attached hydrogens (tertiary/aromatic N) is 4. The lowest BCUT2D eigenvalue weighted by molar-refractivity contribution is 0.138. The van der Waals surface area contributed by atoms with Gasteiger partial charge in [-0.15, -0.1) is 0 Å². The third kappa shape index (κ3) is 5.13. The van der Waals surface area contributed by atoms with Crippen molar-refractivity contribution in [3.8, 4) is 11.5 Å². The highest BCUT2D eigenvalue weighted by molar-refractivity contribution is 7.89. The summed E-state index contributed by atoms with van der Waals surface area (Å²) in [5.74, 6) is 1.14. The highest BCUT2D eigenvalue weighted by Crippen LogP contribution is 2.32. The molecule has 2 aromatic carbocycles. The molecule has 1 unspecified atom stereocenters. The van der Waals surface area contributed by atoms with Crippen LogP contribution < -0.4 is 9.47 Å². The summed E-state index contributed by atoms with van der Waals surface area (Å²) in [4.78, 5) is 4.27. The van der Waals surface area contributed by atoms with E-state index in [0.29, 0.717) is 35.7 Å². The molecule has 1 aliphatic heterocycles. The Morgan fingerprint density at radius 1 is 1.09 bits per heavy atom. The van der Waals surface area contributed by atoms with Gasteiger partial charge in [0.25, 0.3) is 0 Å². The molecule has 2 aromatic heterocycles. The predicted molar refractivity (Wildman–Crippen MR) is 131 cm³/mol. The molecule has 11 heteroatoms. The molecule has 35 heavy (non-hydrogen) atoms. The smallest absolute Gasteiger partial charge is 0.245 e. The van der Waals surface area contributed by atoms with E-state index in [4.69, 9.17) is 14.2 Å². The number of pyridine rings is 1. The van der Waals surface area contributed by atoms with Crippen molar-refractivity contribution in [3.63, 3.8) is 0 Å². The fourth-order valence-electron chi connectivity index (χ4n) is 3.95. The van der Waals surface area contributed by atoms with Gasteiger partial charge in [0.2, 0.25) is 10.0 Å². The highest BCUT2D eigenvalue weighted by Gasteiger charge is 2.29. The molecule has 0 bridgehead atoms. The van der Waals surface area contributed by atoms with Crippen molar-refractivity contribution in [2.45, 2.75) is 30.5 Å². The molecule has 0 N–H and O–H groups in total. The van der Waals surface area contributed by atoms with Crippen LogP contribution in [0.4, 0.5) is 0 Å². The lowest BCUT2D eigenvalue weighted by atomic mass is 10.2. The molecule has 3 heterocycles. The maximum absolute atomic E-state index is 13.9. The number of hydrogen-bond acceptors (Lipinski definition) is 9. The average molecular weight is 513 g/mol. The van der Waals surface area contributed by atoms with Gasteiger partial charge in [0, 0.05) is 31.9 Å². The van der Waals surface area contributed by atoms with Crippen molar-refractivity contribution in [2.24, 2.45) is 0 Å². The van der Waals surface area contributed by atoms with E-state index in [1.807, 2.05) is 24.3 Å². The minimum Gasteiger partial charge on any atom is -0.493 e. The van der Waals surface area contributed by atoms with E-state index in [0.717, 1.165) is 29.3 Å². The Bertz CT molecular complexity index is 1410. The van der Waals surface area contributed by atoms with E-state index < -0.39 is 10.0 Å². The number of hydrogen-bond donors (Lipinski definition) is 0. The van der Waals surface area contributed by atoms with Crippen LogP contribution in [0.2, 0.25) is 0 Å². The Labute approximate surface area is 207 Å². The largest absolute Gasteiger partial charge is 0.493 e. The Balaban J connectivity index is 1.48. The molecule has 4 aromatic rings. The van der Waals surface area contributed by atoms with E-state index in [9.17, 15) is 8.42 Å². The second-order valence-corrected chi connectivity index (χ2v) is 10.5. The first-order valence-corrected chi connectivity index (χ1v) is 13.2. The summed E-state index contributed by atoms with van der Waals surface area (Å²) in [6.45, 7) is 1.48. The maximum atomic E-state index is 13.9. The highest BCUT2D eigenvalue weighted by atomic mass is 32.2. The van der Waals surface area contributed by atoms with Crippen molar-refractivity contribution in [3.05, 3.63) is 72.1 Å². The predicted octanol–water partition coefficient (Wildman–Crippen LogP) is 3.65. The third-order valence-electron chi connectivity index (χ3n) is 5.72. The quantitative estimate of drug-likeness (QED) is 0.335. The van der Waals surface area contributed by atoms with Gasteiger partial charge in [-0.3, -0.25) is 4.98 Å². The molecule has 0 saturated carbocycles. The molecular weight excluding hydrogens is 488 g/mol. The number of benzene rings is 2. The molecule has 9 nitrogen and oxygen atoms in total. The number of ether oxygens (including phenoxy) is 3. The maximum Gasteiger partial charge on any atom is 0.245 e. The van der Waals surface area contributed by atoms with Gasteiger partial charge in [-0.05, 0) is 41.5 Å². The van der Waals surface area contributed by atoms with Crippen LogP contribution in [0.5, 0.6) is 11.5 Å². The normalized spacial score (nSPS) is 16.1. The number of fused-ring (bicyclic) bond motifs is 1. The molecule has 182 valence electrons. The van der Waals surface area contributed by atoms with Crippen molar-refractivity contribution in [2.75, 3.05) is 20.3 Å². The average Bonchev–Trinajstić information content (AvgIpc) is 3.57. The lowest BCUT2D eigenvalue weighted by Crippen LogP contribution is -2.30. The summed E-state index contributed by atoms with van der Waals surface area (Å²) in [6, 6.07) is 14.1. The summed E-state index contributed by atoms with van der Waals surface area (Å²) in [6.07, 6.45) is 4.11. The zero-order valence-corrected chi connectivity index (χ0v) is 20.7.